The largest absolute Gasteiger partial charge is 0.489 e. The van der Waals surface area contributed by atoms with Crippen LogP contribution in [0.5, 0.6) is 5.75 Å². The first-order valence-electron chi connectivity index (χ1n) is 12.5. The summed E-state index contributed by atoms with van der Waals surface area (Å²) in [4.78, 5) is 27.8. The standard InChI is InChI=1S/C29H34ClN3O5S/c1-21(2)31-29(35)22(3)32(18-24-11-8-12-25(30)17-24)28(34)19-33(39(4,36)37)26-13-15-27(16-14-26)38-20-23-9-6-5-7-10-23/h5-17,21-22H,18-20H2,1-4H3,(H,31,35)/t22-/m0/s1. The highest BCUT2D eigenvalue weighted by atomic mass is 35.5. The van der Waals surface area contributed by atoms with E-state index in [9.17, 15) is 18.0 Å². The van der Waals surface area contributed by atoms with E-state index < -0.39 is 28.5 Å². The number of carbonyl (C=O) groups is 2. The van der Waals surface area contributed by atoms with E-state index in [1.54, 1.807) is 55.5 Å². The Morgan fingerprint density at radius 2 is 1.56 bits per heavy atom. The van der Waals surface area contributed by atoms with Gasteiger partial charge in [0.05, 0.1) is 11.9 Å². The zero-order chi connectivity index (χ0) is 28.6. The number of nitrogens with zero attached hydrogens (tertiary/aromatic N) is 2. The van der Waals surface area contributed by atoms with Crippen molar-refractivity contribution < 1.29 is 22.7 Å². The molecule has 0 aliphatic carbocycles. The number of amides is 2. The normalized spacial score (nSPS) is 12.1. The molecule has 0 bridgehead atoms. The van der Waals surface area contributed by atoms with Gasteiger partial charge in [-0.05, 0) is 68.3 Å². The number of hydrogen-bond acceptors (Lipinski definition) is 5. The second kappa shape index (κ2) is 13.5. The van der Waals surface area contributed by atoms with Gasteiger partial charge in [0, 0.05) is 17.6 Å². The molecular formula is C29H34ClN3O5S. The highest BCUT2D eigenvalue weighted by Crippen LogP contribution is 2.23. The lowest BCUT2D eigenvalue weighted by molar-refractivity contribution is -0.139. The maximum atomic E-state index is 13.6. The molecule has 39 heavy (non-hydrogen) atoms. The molecule has 0 saturated carbocycles. The second-order valence-corrected chi connectivity index (χ2v) is 11.9. The number of benzene rings is 3. The Bertz CT molecular complexity index is 1370. The maximum absolute atomic E-state index is 13.6. The number of anilines is 1. The van der Waals surface area contributed by atoms with Crippen molar-refractivity contribution in [3.05, 3.63) is 95.0 Å². The van der Waals surface area contributed by atoms with E-state index >= 15 is 0 Å². The number of rotatable bonds is 12. The molecule has 0 fully saturated rings. The molecule has 3 rings (SSSR count). The number of ether oxygens (including phenoxy) is 1. The van der Waals surface area contributed by atoms with E-state index in [1.807, 2.05) is 44.2 Å². The van der Waals surface area contributed by atoms with Gasteiger partial charge < -0.3 is 15.0 Å². The first-order chi connectivity index (χ1) is 18.4. The van der Waals surface area contributed by atoms with E-state index in [2.05, 4.69) is 5.32 Å². The summed E-state index contributed by atoms with van der Waals surface area (Å²) in [6, 6.07) is 22.1. The van der Waals surface area contributed by atoms with Crippen molar-refractivity contribution in [1.29, 1.82) is 0 Å². The predicted molar refractivity (Wildman–Crippen MR) is 154 cm³/mol. The molecule has 0 aliphatic heterocycles. The summed E-state index contributed by atoms with van der Waals surface area (Å²) in [6.07, 6.45) is 1.04. The van der Waals surface area contributed by atoms with E-state index in [1.165, 1.54) is 4.90 Å². The van der Waals surface area contributed by atoms with Gasteiger partial charge in [0.1, 0.15) is 24.9 Å². The van der Waals surface area contributed by atoms with Crippen LogP contribution in [0.25, 0.3) is 0 Å². The van der Waals surface area contributed by atoms with Crippen LogP contribution in [0.15, 0.2) is 78.9 Å². The van der Waals surface area contributed by atoms with Crippen molar-refractivity contribution in [1.82, 2.24) is 10.2 Å². The van der Waals surface area contributed by atoms with Crippen molar-refractivity contribution in [2.24, 2.45) is 0 Å². The van der Waals surface area contributed by atoms with Gasteiger partial charge in [0.25, 0.3) is 0 Å². The monoisotopic (exact) mass is 571 g/mol. The molecule has 0 spiro atoms. The number of carbonyl (C=O) groups excluding carboxylic acids is 2. The van der Waals surface area contributed by atoms with Gasteiger partial charge in [-0.2, -0.15) is 0 Å². The summed E-state index contributed by atoms with van der Waals surface area (Å²) >= 11 is 6.13. The van der Waals surface area contributed by atoms with Crippen LogP contribution in [0.2, 0.25) is 5.02 Å². The van der Waals surface area contributed by atoms with Crippen LogP contribution in [0.3, 0.4) is 0 Å². The molecular weight excluding hydrogens is 538 g/mol. The number of sulfonamides is 1. The third kappa shape index (κ3) is 9.01. The summed E-state index contributed by atoms with van der Waals surface area (Å²) in [5, 5.41) is 3.31. The van der Waals surface area contributed by atoms with Crippen molar-refractivity contribution in [2.75, 3.05) is 17.1 Å². The van der Waals surface area contributed by atoms with E-state index in [0.29, 0.717) is 28.6 Å². The number of nitrogens with one attached hydrogen (secondary N) is 1. The Kier molecular flexibility index (Phi) is 10.4. The van der Waals surface area contributed by atoms with Crippen molar-refractivity contribution in [3.8, 4) is 5.75 Å². The second-order valence-electron chi connectivity index (χ2n) is 9.53. The molecule has 3 aromatic rings. The molecule has 1 N–H and O–H groups in total. The third-order valence-electron chi connectivity index (χ3n) is 5.89. The lowest BCUT2D eigenvalue weighted by Crippen LogP contribution is -2.52. The van der Waals surface area contributed by atoms with Crippen LogP contribution in [-0.2, 0) is 32.8 Å². The summed E-state index contributed by atoms with van der Waals surface area (Å²) in [7, 11) is -3.84. The van der Waals surface area contributed by atoms with Crippen molar-refractivity contribution >= 4 is 39.1 Å². The predicted octanol–water partition coefficient (Wildman–Crippen LogP) is 4.63. The maximum Gasteiger partial charge on any atom is 0.244 e. The first kappa shape index (κ1) is 30.0. The number of halogens is 1. The van der Waals surface area contributed by atoms with Gasteiger partial charge in [0.2, 0.25) is 21.8 Å². The molecule has 0 aliphatic rings. The molecule has 3 aromatic carbocycles. The highest BCUT2D eigenvalue weighted by molar-refractivity contribution is 7.92. The molecule has 0 heterocycles. The van der Waals surface area contributed by atoms with Gasteiger partial charge in [-0.3, -0.25) is 13.9 Å². The SMILES string of the molecule is CC(C)NC(=O)[C@H](C)N(Cc1cccc(Cl)c1)C(=O)CN(c1ccc(OCc2ccccc2)cc1)S(C)(=O)=O. The first-order valence-corrected chi connectivity index (χ1v) is 14.8. The third-order valence-corrected chi connectivity index (χ3v) is 7.27. The Morgan fingerprint density at radius 3 is 2.15 bits per heavy atom. The summed E-state index contributed by atoms with van der Waals surface area (Å²) < 4.78 is 32.4. The van der Waals surface area contributed by atoms with Crippen LogP contribution < -0.4 is 14.4 Å². The van der Waals surface area contributed by atoms with Crippen molar-refractivity contribution in [2.45, 2.75) is 46.0 Å². The van der Waals surface area contributed by atoms with Gasteiger partial charge in [-0.1, -0.05) is 54.1 Å². The Hall–Kier alpha value is -3.56. The highest BCUT2D eigenvalue weighted by Gasteiger charge is 2.30. The van der Waals surface area contributed by atoms with Gasteiger partial charge in [-0.25, -0.2) is 8.42 Å². The molecule has 1 atom stereocenters. The lowest BCUT2D eigenvalue weighted by Gasteiger charge is -2.32. The molecule has 0 radical (unpaired) electrons. The number of hydrogen-bond donors (Lipinski definition) is 1. The molecule has 8 nitrogen and oxygen atoms in total. The fourth-order valence-electron chi connectivity index (χ4n) is 3.88. The fourth-order valence-corrected chi connectivity index (χ4v) is 4.95. The van der Waals surface area contributed by atoms with Gasteiger partial charge in [-0.15, -0.1) is 0 Å². The van der Waals surface area contributed by atoms with Gasteiger partial charge >= 0.3 is 0 Å². The molecule has 0 saturated heterocycles. The van der Waals surface area contributed by atoms with Crippen LogP contribution in [0, 0.1) is 0 Å². The summed E-state index contributed by atoms with van der Waals surface area (Å²) in [5.41, 5.74) is 2.02. The molecule has 2 amide bonds. The van der Waals surface area contributed by atoms with Gasteiger partial charge in [0.15, 0.2) is 0 Å². The Morgan fingerprint density at radius 1 is 0.923 bits per heavy atom. The summed E-state index contributed by atoms with van der Waals surface area (Å²) in [5.74, 6) is -0.314. The zero-order valence-electron chi connectivity index (χ0n) is 22.5. The van der Waals surface area contributed by atoms with Crippen LogP contribution >= 0.6 is 11.6 Å². The molecule has 0 aromatic heterocycles. The minimum Gasteiger partial charge on any atom is -0.489 e. The Labute approximate surface area is 235 Å². The fraction of sp³-hybridized carbons (Fsp3) is 0.310. The zero-order valence-corrected chi connectivity index (χ0v) is 24.1. The lowest BCUT2D eigenvalue weighted by atomic mass is 10.1. The van der Waals surface area contributed by atoms with E-state index in [4.69, 9.17) is 16.3 Å². The topological polar surface area (TPSA) is 96.0 Å². The quantitative estimate of drug-likeness (QED) is 0.342. The van der Waals surface area contributed by atoms with E-state index in [-0.39, 0.29) is 18.5 Å². The average Bonchev–Trinajstić information content (AvgIpc) is 2.88. The van der Waals surface area contributed by atoms with Crippen LogP contribution in [-0.4, -0.2) is 50.0 Å². The minimum atomic E-state index is -3.84. The smallest absolute Gasteiger partial charge is 0.244 e. The van der Waals surface area contributed by atoms with Crippen LogP contribution in [0.4, 0.5) is 5.69 Å². The van der Waals surface area contributed by atoms with E-state index in [0.717, 1.165) is 16.1 Å². The molecule has 10 heteroatoms. The molecule has 0 unspecified atom stereocenters. The minimum absolute atomic E-state index is 0.0793. The van der Waals surface area contributed by atoms with Crippen LogP contribution in [0.1, 0.15) is 31.9 Å². The average molecular weight is 572 g/mol. The Balaban J connectivity index is 1.82. The summed E-state index contributed by atoms with van der Waals surface area (Å²) in [6.45, 7) is 5.23. The van der Waals surface area contributed by atoms with Crippen molar-refractivity contribution in [3.63, 3.8) is 0 Å². The molecule has 208 valence electrons.